The number of para-hydroxylation sites is 1. The zero-order chi connectivity index (χ0) is 9.97. The van der Waals surface area contributed by atoms with Crippen LogP contribution < -0.4 is 9.30 Å². The van der Waals surface area contributed by atoms with Gasteiger partial charge >= 0.3 is 5.19 Å². The van der Waals surface area contributed by atoms with Crippen molar-refractivity contribution in [1.29, 1.82) is 0 Å². The Kier molecular flexibility index (Phi) is 2.68. The second kappa shape index (κ2) is 3.96. The van der Waals surface area contributed by atoms with Gasteiger partial charge in [0.25, 0.3) is 0 Å². The van der Waals surface area contributed by atoms with E-state index in [-0.39, 0.29) is 0 Å². The van der Waals surface area contributed by atoms with Gasteiger partial charge in [-0.1, -0.05) is 12.1 Å². The fourth-order valence-corrected chi connectivity index (χ4v) is 2.68. The third kappa shape index (κ3) is 1.48. The van der Waals surface area contributed by atoms with Crippen molar-refractivity contribution in [3.8, 4) is 5.19 Å². The minimum Gasteiger partial charge on any atom is -0.436 e. The molecule has 0 saturated carbocycles. The van der Waals surface area contributed by atoms with Crippen LogP contribution in [0.5, 0.6) is 5.19 Å². The van der Waals surface area contributed by atoms with Gasteiger partial charge in [-0.25, -0.2) is 0 Å². The summed E-state index contributed by atoms with van der Waals surface area (Å²) < 4.78 is 9.10. The van der Waals surface area contributed by atoms with E-state index in [1.165, 1.54) is 10.2 Å². The Morgan fingerprint density at radius 3 is 2.79 bits per heavy atom. The molecule has 14 heavy (non-hydrogen) atoms. The van der Waals surface area contributed by atoms with Crippen LogP contribution in [0.2, 0.25) is 0 Å². The zero-order valence-corrected chi connectivity index (χ0v) is 9.30. The lowest BCUT2D eigenvalue weighted by Crippen LogP contribution is -2.32. The Balaban J connectivity index is 2.60. The molecule has 1 aromatic carbocycles. The SMILES string of the molecule is CCOc1sc2ccccc2[n+]1CC. The largest absolute Gasteiger partial charge is 0.436 e. The molecule has 0 aliphatic rings. The number of benzene rings is 1. The summed E-state index contributed by atoms with van der Waals surface area (Å²) in [6.07, 6.45) is 0. The maximum absolute atomic E-state index is 5.59. The minimum atomic E-state index is 0.729. The molecule has 0 saturated heterocycles. The van der Waals surface area contributed by atoms with E-state index in [4.69, 9.17) is 4.74 Å². The molecule has 1 aromatic heterocycles. The summed E-state index contributed by atoms with van der Waals surface area (Å²) in [5.41, 5.74) is 1.27. The molecule has 0 aliphatic heterocycles. The Bertz CT molecular complexity index is 436. The van der Waals surface area contributed by atoms with Gasteiger partial charge in [-0.05, 0) is 31.3 Å². The first-order valence-electron chi connectivity index (χ1n) is 4.91. The number of aryl methyl sites for hydroxylation is 1. The molecule has 1 heterocycles. The van der Waals surface area contributed by atoms with E-state index in [2.05, 4.69) is 35.8 Å². The van der Waals surface area contributed by atoms with Gasteiger partial charge in [0, 0.05) is 6.07 Å². The maximum Gasteiger partial charge on any atom is 0.431 e. The Morgan fingerprint density at radius 1 is 1.29 bits per heavy atom. The normalized spacial score (nSPS) is 10.7. The van der Waals surface area contributed by atoms with Crippen LogP contribution in [-0.4, -0.2) is 6.61 Å². The lowest BCUT2D eigenvalue weighted by Gasteiger charge is -1.95. The van der Waals surface area contributed by atoms with Crippen molar-refractivity contribution in [3.05, 3.63) is 24.3 Å². The average molecular weight is 208 g/mol. The summed E-state index contributed by atoms with van der Waals surface area (Å²) in [5, 5.41) is 1.01. The molecule has 74 valence electrons. The van der Waals surface area contributed by atoms with Crippen LogP contribution in [-0.2, 0) is 6.54 Å². The average Bonchev–Trinajstić information content (AvgIpc) is 2.55. The first-order chi connectivity index (χ1) is 6.86. The van der Waals surface area contributed by atoms with Crippen LogP contribution in [0.4, 0.5) is 0 Å². The molecule has 0 aliphatic carbocycles. The molecule has 2 rings (SSSR count). The summed E-state index contributed by atoms with van der Waals surface area (Å²) >= 11 is 1.71. The third-order valence-electron chi connectivity index (χ3n) is 2.16. The van der Waals surface area contributed by atoms with E-state index in [1.54, 1.807) is 11.3 Å². The molecule has 3 heteroatoms. The molecule has 2 aromatic rings. The number of aromatic nitrogens is 1. The van der Waals surface area contributed by atoms with Crippen molar-refractivity contribution < 1.29 is 9.30 Å². The van der Waals surface area contributed by atoms with Crippen molar-refractivity contribution in [2.45, 2.75) is 20.4 Å². The van der Waals surface area contributed by atoms with E-state index in [0.29, 0.717) is 0 Å². The number of nitrogens with zero attached hydrogens (tertiary/aromatic N) is 1. The number of thiazole rings is 1. The van der Waals surface area contributed by atoms with E-state index in [0.717, 1.165) is 18.3 Å². The topological polar surface area (TPSA) is 13.1 Å². The molecular weight excluding hydrogens is 194 g/mol. The highest BCUT2D eigenvalue weighted by Crippen LogP contribution is 2.25. The van der Waals surface area contributed by atoms with Gasteiger partial charge in [-0.2, -0.15) is 0 Å². The molecule has 0 atom stereocenters. The smallest absolute Gasteiger partial charge is 0.431 e. The van der Waals surface area contributed by atoms with Gasteiger partial charge in [0.1, 0.15) is 4.70 Å². The second-order valence-electron chi connectivity index (χ2n) is 3.01. The lowest BCUT2D eigenvalue weighted by molar-refractivity contribution is -0.669. The predicted octanol–water partition coefficient (Wildman–Crippen LogP) is 2.61. The van der Waals surface area contributed by atoms with E-state index in [1.807, 2.05) is 6.92 Å². The summed E-state index contributed by atoms with van der Waals surface area (Å²) in [5.74, 6) is 0. The lowest BCUT2D eigenvalue weighted by atomic mass is 10.3. The maximum atomic E-state index is 5.59. The quantitative estimate of drug-likeness (QED) is 0.707. The van der Waals surface area contributed by atoms with Crippen LogP contribution in [0.25, 0.3) is 10.2 Å². The second-order valence-corrected chi connectivity index (χ2v) is 4.01. The molecular formula is C11H14NOS+. The van der Waals surface area contributed by atoms with Crippen molar-refractivity contribution in [1.82, 2.24) is 0 Å². The first kappa shape index (κ1) is 9.46. The Hall–Kier alpha value is -1.09. The molecule has 2 nitrogen and oxygen atoms in total. The van der Waals surface area contributed by atoms with Crippen LogP contribution >= 0.6 is 11.3 Å². The summed E-state index contributed by atoms with van der Waals surface area (Å²) in [7, 11) is 0. The number of hydrogen-bond acceptors (Lipinski definition) is 2. The number of ether oxygens (including phenoxy) is 1. The van der Waals surface area contributed by atoms with E-state index >= 15 is 0 Å². The highest BCUT2D eigenvalue weighted by molar-refractivity contribution is 7.19. The molecule has 0 fully saturated rings. The summed E-state index contributed by atoms with van der Waals surface area (Å²) in [4.78, 5) is 0. The molecule has 0 radical (unpaired) electrons. The van der Waals surface area contributed by atoms with Crippen molar-refractivity contribution in [2.24, 2.45) is 0 Å². The zero-order valence-electron chi connectivity index (χ0n) is 8.49. The fraction of sp³-hybridized carbons (Fsp3) is 0.364. The van der Waals surface area contributed by atoms with E-state index in [9.17, 15) is 0 Å². The van der Waals surface area contributed by atoms with Crippen LogP contribution in [0, 0.1) is 0 Å². The first-order valence-corrected chi connectivity index (χ1v) is 5.72. The highest BCUT2D eigenvalue weighted by atomic mass is 32.1. The van der Waals surface area contributed by atoms with E-state index < -0.39 is 0 Å². The monoisotopic (exact) mass is 208 g/mol. The van der Waals surface area contributed by atoms with Gasteiger partial charge in [0.2, 0.25) is 5.52 Å². The number of rotatable bonds is 3. The van der Waals surface area contributed by atoms with Crippen molar-refractivity contribution >= 4 is 21.6 Å². The number of hydrogen-bond donors (Lipinski definition) is 0. The van der Waals surface area contributed by atoms with Gasteiger partial charge in [0.05, 0.1) is 6.61 Å². The van der Waals surface area contributed by atoms with Crippen LogP contribution in [0.3, 0.4) is 0 Å². The van der Waals surface area contributed by atoms with Crippen LogP contribution in [0.1, 0.15) is 13.8 Å². The van der Waals surface area contributed by atoms with Gasteiger partial charge < -0.3 is 4.74 Å². The fourth-order valence-electron chi connectivity index (χ4n) is 1.54. The van der Waals surface area contributed by atoms with Gasteiger partial charge in [-0.3, -0.25) is 0 Å². The summed E-state index contributed by atoms with van der Waals surface area (Å²) in [6.45, 7) is 5.85. The molecule has 0 bridgehead atoms. The molecule has 0 amide bonds. The van der Waals surface area contributed by atoms with Gasteiger partial charge in [0.15, 0.2) is 6.54 Å². The highest BCUT2D eigenvalue weighted by Gasteiger charge is 2.18. The summed E-state index contributed by atoms with van der Waals surface area (Å²) in [6, 6.07) is 8.40. The third-order valence-corrected chi connectivity index (χ3v) is 3.24. The van der Waals surface area contributed by atoms with Crippen molar-refractivity contribution in [2.75, 3.05) is 6.61 Å². The Morgan fingerprint density at radius 2 is 2.07 bits per heavy atom. The predicted molar refractivity (Wildman–Crippen MR) is 58.9 cm³/mol. The minimum absolute atomic E-state index is 0.729. The standard InChI is InChI=1S/C11H14NOS/c1-3-12-9-7-5-6-8-10(9)14-11(12)13-4-2/h5-8H,3-4H2,1-2H3/q+1. The van der Waals surface area contributed by atoms with Crippen LogP contribution in [0.15, 0.2) is 24.3 Å². The molecule has 0 spiro atoms. The van der Waals surface area contributed by atoms with Gasteiger partial charge in [-0.15, -0.1) is 4.57 Å². The molecule has 0 unspecified atom stereocenters. The Labute approximate surface area is 87.8 Å². The number of fused-ring (bicyclic) bond motifs is 1. The van der Waals surface area contributed by atoms with Crippen molar-refractivity contribution in [3.63, 3.8) is 0 Å². The molecule has 0 N–H and O–H groups in total.